The molecule has 13 heavy (non-hydrogen) atoms. The van der Waals surface area contributed by atoms with E-state index in [9.17, 15) is 0 Å². The second kappa shape index (κ2) is 3.46. The maximum Gasteiger partial charge on any atom is 0.127 e. The predicted octanol–water partition coefficient (Wildman–Crippen LogP) is 1.36. The highest BCUT2D eigenvalue weighted by Gasteiger charge is 1.92. The first kappa shape index (κ1) is 8.09. The highest BCUT2D eigenvalue weighted by molar-refractivity contribution is 6.37. The zero-order valence-corrected chi connectivity index (χ0v) is 7.57. The summed E-state index contributed by atoms with van der Waals surface area (Å²) in [5.74, 6) is 0. The van der Waals surface area contributed by atoms with Gasteiger partial charge in [0.05, 0.1) is 0 Å². The van der Waals surface area contributed by atoms with Crippen molar-refractivity contribution in [3.63, 3.8) is 0 Å². The topological polar surface area (TPSA) is 3.88 Å². The number of hydrogen-bond donors (Lipinski definition) is 0. The molecule has 0 aliphatic heterocycles. The lowest BCUT2D eigenvalue weighted by molar-refractivity contribution is -0.528. The first-order chi connectivity index (χ1) is 6.34. The van der Waals surface area contributed by atoms with Crippen LogP contribution in [0.25, 0.3) is 0 Å². The Bertz CT molecular complexity index is 395. The van der Waals surface area contributed by atoms with E-state index >= 15 is 0 Å². The highest BCUT2D eigenvalue weighted by atomic mass is 14.8. The number of hydrogen-bond acceptors (Lipinski definition) is 0. The Morgan fingerprint density at radius 1 is 1.31 bits per heavy atom. The van der Waals surface area contributed by atoms with Crippen molar-refractivity contribution in [2.24, 2.45) is 0 Å². The van der Waals surface area contributed by atoms with Crippen molar-refractivity contribution in [3.8, 4) is 0 Å². The molecule has 0 fully saturated rings. The van der Waals surface area contributed by atoms with Gasteiger partial charge in [0, 0.05) is 0 Å². The Balaban J connectivity index is 2.14. The van der Waals surface area contributed by atoms with E-state index in [1.54, 1.807) is 0 Å². The van der Waals surface area contributed by atoms with Crippen LogP contribution in [0.15, 0.2) is 54.0 Å². The molecule has 0 N–H and O–H groups in total. The van der Waals surface area contributed by atoms with Crippen molar-refractivity contribution in [2.75, 3.05) is 0 Å². The fourth-order valence-corrected chi connectivity index (χ4v) is 1.18. The van der Waals surface area contributed by atoms with Crippen molar-refractivity contribution >= 4 is 7.41 Å². The number of rotatable bonds is 2. The summed E-state index contributed by atoms with van der Waals surface area (Å²) in [5, 5.41) is 0. The lowest BCUT2D eigenvalue weighted by Crippen LogP contribution is -2.39. The van der Waals surface area contributed by atoms with Crippen LogP contribution in [0, 0.1) is 6.92 Å². The van der Waals surface area contributed by atoms with E-state index in [-0.39, 0.29) is 0 Å². The van der Waals surface area contributed by atoms with Gasteiger partial charge in [-0.25, -0.2) is 0 Å². The molecule has 0 unspecified atom stereocenters. The lowest BCUT2D eigenvalue weighted by Gasteiger charge is -2.07. The SMILES string of the molecule is Cc1cc[n+]([B-]C2=C=CC=C2)cc1. The van der Waals surface area contributed by atoms with E-state index in [4.69, 9.17) is 0 Å². The zero-order valence-electron chi connectivity index (χ0n) is 7.57. The molecule has 0 atom stereocenters. The molecule has 1 heterocycles. The number of pyridine rings is 1. The Morgan fingerprint density at radius 2 is 2.08 bits per heavy atom. The highest BCUT2D eigenvalue weighted by Crippen LogP contribution is 1.97. The predicted molar refractivity (Wildman–Crippen MR) is 53.3 cm³/mol. The van der Waals surface area contributed by atoms with Gasteiger partial charge in [0.15, 0.2) is 0 Å². The minimum Gasteiger partial charge on any atom is -0.473 e. The van der Waals surface area contributed by atoms with Crippen LogP contribution in [0.2, 0.25) is 0 Å². The van der Waals surface area contributed by atoms with Crippen molar-refractivity contribution in [1.82, 2.24) is 0 Å². The van der Waals surface area contributed by atoms with Gasteiger partial charge < -0.3 is 4.48 Å². The first-order valence-electron chi connectivity index (χ1n) is 4.30. The number of allylic oxidation sites excluding steroid dienone is 3. The molecule has 2 heteroatoms. The molecule has 0 amide bonds. The maximum atomic E-state index is 3.12. The van der Waals surface area contributed by atoms with Crippen molar-refractivity contribution in [1.29, 1.82) is 0 Å². The van der Waals surface area contributed by atoms with Crippen LogP contribution < -0.4 is 4.48 Å². The smallest absolute Gasteiger partial charge is 0.127 e. The fraction of sp³-hybridized carbons (Fsp3) is 0.0909. The molecule has 0 bridgehead atoms. The molecule has 1 aromatic heterocycles. The van der Waals surface area contributed by atoms with Crippen LogP contribution in [0.5, 0.6) is 0 Å². The third-order valence-electron chi connectivity index (χ3n) is 1.93. The summed E-state index contributed by atoms with van der Waals surface area (Å²) in [4.78, 5) is 0. The maximum absolute atomic E-state index is 3.12. The van der Waals surface area contributed by atoms with Gasteiger partial charge in [0.2, 0.25) is 0 Å². The van der Waals surface area contributed by atoms with E-state index in [0.717, 1.165) is 5.47 Å². The van der Waals surface area contributed by atoms with Gasteiger partial charge in [-0.3, -0.25) is 0 Å². The van der Waals surface area contributed by atoms with E-state index < -0.39 is 0 Å². The fourth-order valence-electron chi connectivity index (χ4n) is 1.18. The summed E-state index contributed by atoms with van der Waals surface area (Å²) >= 11 is 0. The molecule has 2 radical (unpaired) electrons. The quantitative estimate of drug-likeness (QED) is 0.462. The molecule has 0 saturated heterocycles. The second-order valence-corrected chi connectivity index (χ2v) is 3.08. The van der Waals surface area contributed by atoms with Gasteiger partial charge in [-0.2, -0.15) is 11.2 Å². The average Bonchev–Trinajstić information content (AvgIpc) is 2.62. The third kappa shape index (κ3) is 1.98. The number of nitrogens with zero attached hydrogens (tertiary/aromatic N) is 1. The van der Waals surface area contributed by atoms with Crippen molar-refractivity contribution < 1.29 is 4.48 Å². The summed E-state index contributed by atoms with van der Waals surface area (Å²) in [7, 11) is 2.04. The Labute approximate surface area is 79.0 Å². The molecule has 1 aromatic rings. The molecule has 0 saturated carbocycles. The number of aryl methyl sites for hydroxylation is 1. The van der Waals surface area contributed by atoms with E-state index in [1.807, 2.05) is 42.5 Å². The summed E-state index contributed by atoms with van der Waals surface area (Å²) in [5.41, 5.74) is 5.50. The molecule has 1 nitrogen and oxygen atoms in total. The Hall–Kier alpha value is -1.53. The summed E-state index contributed by atoms with van der Waals surface area (Å²) < 4.78 is 2.03. The van der Waals surface area contributed by atoms with Crippen LogP contribution >= 0.6 is 0 Å². The summed E-state index contributed by atoms with van der Waals surface area (Å²) in [6.45, 7) is 2.08. The second-order valence-electron chi connectivity index (χ2n) is 3.08. The molecule has 2 rings (SSSR count). The monoisotopic (exact) mass is 167 g/mol. The Morgan fingerprint density at radius 3 is 2.69 bits per heavy atom. The lowest BCUT2D eigenvalue weighted by atomic mass is 9.83. The molecule has 0 spiro atoms. The normalized spacial score (nSPS) is 13.5. The van der Waals surface area contributed by atoms with Crippen LogP contribution in [0.3, 0.4) is 0 Å². The largest absolute Gasteiger partial charge is 0.473 e. The van der Waals surface area contributed by atoms with Gasteiger partial charge in [-0.1, -0.05) is 12.2 Å². The van der Waals surface area contributed by atoms with E-state index in [0.29, 0.717) is 0 Å². The van der Waals surface area contributed by atoms with Gasteiger partial charge >= 0.3 is 0 Å². The standard InChI is InChI=1S/C11H10BN/c1-10-6-8-13(9-7-10)12-11-4-2-3-5-11/h2-4,6-9H,1H3. The van der Waals surface area contributed by atoms with E-state index in [2.05, 4.69) is 24.8 Å². The van der Waals surface area contributed by atoms with E-state index in [1.165, 1.54) is 5.56 Å². The van der Waals surface area contributed by atoms with Crippen LogP contribution in [-0.4, -0.2) is 7.41 Å². The zero-order chi connectivity index (χ0) is 9.10. The van der Waals surface area contributed by atoms with Gasteiger partial charge in [-0.15, -0.1) is 0 Å². The number of aromatic nitrogens is 1. The Kier molecular flexibility index (Phi) is 2.16. The first-order valence-corrected chi connectivity index (χ1v) is 4.30. The van der Waals surface area contributed by atoms with Gasteiger partial charge in [0.25, 0.3) is 0 Å². The van der Waals surface area contributed by atoms with Crippen LogP contribution in [0.1, 0.15) is 5.56 Å². The third-order valence-corrected chi connectivity index (χ3v) is 1.93. The van der Waals surface area contributed by atoms with Gasteiger partial charge in [0.1, 0.15) is 19.8 Å². The van der Waals surface area contributed by atoms with Crippen LogP contribution in [0.4, 0.5) is 0 Å². The van der Waals surface area contributed by atoms with Crippen molar-refractivity contribution in [2.45, 2.75) is 6.92 Å². The van der Waals surface area contributed by atoms with Crippen molar-refractivity contribution in [3.05, 3.63) is 59.5 Å². The molecular weight excluding hydrogens is 157 g/mol. The van der Waals surface area contributed by atoms with Gasteiger partial charge in [-0.05, 0) is 30.7 Å². The summed E-state index contributed by atoms with van der Waals surface area (Å²) in [6.07, 6.45) is 10.0. The summed E-state index contributed by atoms with van der Waals surface area (Å²) in [6, 6.07) is 4.17. The molecule has 0 aromatic carbocycles. The van der Waals surface area contributed by atoms with Crippen LogP contribution in [-0.2, 0) is 0 Å². The molecule has 1 aliphatic carbocycles. The molecular formula is C11H10BN. The average molecular weight is 167 g/mol. The minimum absolute atomic E-state index is 1.11. The minimum atomic E-state index is 1.11. The molecule has 62 valence electrons. The molecule has 1 aliphatic rings.